The second-order valence-electron chi connectivity index (χ2n) is 3.02. The van der Waals surface area contributed by atoms with Crippen LogP contribution in [0, 0.1) is 17.1 Å². The van der Waals surface area contributed by atoms with Crippen molar-refractivity contribution < 1.29 is 13.9 Å². The molecule has 0 heterocycles. The first-order valence-corrected chi connectivity index (χ1v) is 5.41. The second-order valence-corrected chi connectivity index (χ2v) is 3.81. The van der Waals surface area contributed by atoms with Gasteiger partial charge in [-0.15, -0.1) is 0 Å². The largest absolute Gasteiger partial charge is 0.466 e. The highest BCUT2D eigenvalue weighted by atomic mass is 79.9. The zero-order valence-corrected chi connectivity index (χ0v) is 10.2. The second kappa shape index (κ2) is 5.61. The number of rotatable bonds is 3. The molecule has 0 saturated heterocycles. The molecule has 0 aliphatic heterocycles. The van der Waals surface area contributed by atoms with Crippen LogP contribution in [0.3, 0.4) is 0 Å². The number of esters is 1. The van der Waals surface area contributed by atoms with E-state index in [1.165, 1.54) is 6.07 Å². The third-order valence-electron chi connectivity index (χ3n) is 1.87. The first-order chi connectivity index (χ1) is 7.58. The summed E-state index contributed by atoms with van der Waals surface area (Å²) in [5.74, 6) is -0.989. The molecule has 3 nitrogen and oxygen atoms in total. The lowest BCUT2D eigenvalue weighted by Crippen LogP contribution is -2.08. The Morgan fingerprint density at radius 3 is 2.88 bits per heavy atom. The van der Waals surface area contributed by atoms with Crippen LogP contribution in [0.5, 0.6) is 0 Å². The van der Waals surface area contributed by atoms with E-state index in [-0.39, 0.29) is 18.6 Å². The molecular formula is C11H9BrFNO2. The average molecular weight is 286 g/mol. The van der Waals surface area contributed by atoms with Gasteiger partial charge in [-0.2, -0.15) is 5.26 Å². The van der Waals surface area contributed by atoms with Crippen molar-refractivity contribution in [1.82, 2.24) is 0 Å². The average Bonchev–Trinajstić information content (AvgIpc) is 2.23. The maximum atomic E-state index is 13.1. The molecule has 0 N–H and O–H groups in total. The number of halogens is 2. The highest BCUT2D eigenvalue weighted by molar-refractivity contribution is 9.10. The number of carbonyl (C=O) groups excluding carboxylic acids is 1. The topological polar surface area (TPSA) is 50.1 Å². The molecule has 1 rings (SSSR count). The van der Waals surface area contributed by atoms with Crippen molar-refractivity contribution in [3.8, 4) is 6.07 Å². The van der Waals surface area contributed by atoms with E-state index in [4.69, 9.17) is 10.00 Å². The third kappa shape index (κ3) is 3.04. The highest BCUT2D eigenvalue weighted by Gasteiger charge is 2.12. The molecule has 0 unspecified atom stereocenters. The fraction of sp³-hybridized carbons (Fsp3) is 0.273. The minimum Gasteiger partial charge on any atom is -0.466 e. The van der Waals surface area contributed by atoms with Crippen LogP contribution in [-0.2, 0) is 16.0 Å². The molecular weight excluding hydrogens is 277 g/mol. The molecule has 16 heavy (non-hydrogen) atoms. The van der Waals surface area contributed by atoms with Crippen molar-refractivity contribution in [1.29, 1.82) is 5.26 Å². The maximum absolute atomic E-state index is 13.1. The maximum Gasteiger partial charge on any atom is 0.310 e. The van der Waals surface area contributed by atoms with Crippen LogP contribution in [0.4, 0.5) is 4.39 Å². The van der Waals surface area contributed by atoms with Crippen molar-refractivity contribution in [2.75, 3.05) is 6.61 Å². The predicted molar refractivity (Wildman–Crippen MR) is 59.2 cm³/mol. The quantitative estimate of drug-likeness (QED) is 0.802. The number of nitrogens with zero attached hydrogens (tertiary/aromatic N) is 1. The van der Waals surface area contributed by atoms with Gasteiger partial charge in [-0.25, -0.2) is 4.39 Å². The lowest BCUT2D eigenvalue weighted by Gasteiger charge is -2.06. The summed E-state index contributed by atoms with van der Waals surface area (Å²) >= 11 is 3.16. The van der Waals surface area contributed by atoms with Crippen LogP contribution in [0.15, 0.2) is 16.6 Å². The summed E-state index contributed by atoms with van der Waals surface area (Å²) < 4.78 is 18.3. The van der Waals surface area contributed by atoms with Gasteiger partial charge in [0.2, 0.25) is 0 Å². The van der Waals surface area contributed by atoms with Gasteiger partial charge >= 0.3 is 5.97 Å². The van der Waals surface area contributed by atoms with Gasteiger partial charge < -0.3 is 4.74 Å². The summed E-state index contributed by atoms with van der Waals surface area (Å²) in [6.45, 7) is 1.97. The molecule has 0 bridgehead atoms. The van der Waals surface area contributed by atoms with Crippen LogP contribution in [-0.4, -0.2) is 12.6 Å². The van der Waals surface area contributed by atoms with Crippen LogP contribution in [0.2, 0.25) is 0 Å². The lowest BCUT2D eigenvalue weighted by molar-refractivity contribution is -0.142. The van der Waals surface area contributed by atoms with Crippen molar-refractivity contribution >= 4 is 21.9 Å². The molecule has 0 fully saturated rings. The van der Waals surface area contributed by atoms with Gasteiger partial charge in [0.05, 0.1) is 18.6 Å². The Hall–Kier alpha value is -1.41. The van der Waals surface area contributed by atoms with Gasteiger partial charge in [-0.3, -0.25) is 4.79 Å². The van der Waals surface area contributed by atoms with E-state index in [9.17, 15) is 9.18 Å². The number of hydrogen-bond donors (Lipinski definition) is 0. The summed E-state index contributed by atoms with van der Waals surface area (Å²) in [4.78, 5) is 11.2. The van der Waals surface area contributed by atoms with E-state index in [0.717, 1.165) is 6.07 Å². The summed E-state index contributed by atoms with van der Waals surface area (Å²) in [5.41, 5.74) is 0.578. The molecule has 0 spiro atoms. The third-order valence-corrected chi connectivity index (χ3v) is 2.81. The molecule has 0 amide bonds. The number of benzene rings is 1. The summed E-state index contributed by atoms with van der Waals surface area (Å²) in [7, 11) is 0. The van der Waals surface area contributed by atoms with Gasteiger partial charge in [-0.1, -0.05) is 0 Å². The Balaban J connectivity index is 3.01. The minimum atomic E-state index is -0.543. The number of carbonyl (C=O) groups is 1. The zero-order chi connectivity index (χ0) is 12.1. The van der Waals surface area contributed by atoms with Gasteiger partial charge in [0, 0.05) is 4.47 Å². The summed E-state index contributed by atoms with van der Waals surface area (Å²) in [6.07, 6.45) is -0.0547. The first-order valence-electron chi connectivity index (χ1n) is 4.62. The van der Waals surface area contributed by atoms with Crippen molar-refractivity contribution in [2.45, 2.75) is 13.3 Å². The van der Waals surface area contributed by atoms with E-state index in [0.29, 0.717) is 10.0 Å². The van der Waals surface area contributed by atoms with Crippen LogP contribution in [0.1, 0.15) is 18.1 Å². The lowest BCUT2D eigenvalue weighted by atomic mass is 10.1. The molecule has 1 aromatic carbocycles. The normalized spacial score (nSPS) is 9.62. The van der Waals surface area contributed by atoms with Gasteiger partial charge in [0.1, 0.15) is 11.9 Å². The van der Waals surface area contributed by atoms with E-state index >= 15 is 0 Å². The Morgan fingerprint density at radius 2 is 2.31 bits per heavy atom. The smallest absolute Gasteiger partial charge is 0.310 e. The zero-order valence-electron chi connectivity index (χ0n) is 8.59. The molecule has 0 radical (unpaired) electrons. The van der Waals surface area contributed by atoms with E-state index in [1.54, 1.807) is 6.92 Å². The number of ether oxygens (including phenoxy) is 1. The van der Waals surface area contributed by atoms with Crippen molar-refractivity contribution in [3.05, 3.63) is 33.5 Å². The minimum absolute atomic E-state index is 0.0547. The Morgan fingerprint density at radius 1 is 1.62 bits per heavy atom. The Kier molecular flexibility index (Phi) is 4.44. The van der Waals surface area contributed by atoms with Crippen LogP contribution < -0.4 is 0 Å². The number of hydrogen-bond acceptors (Lipinski definition) is 3. The molecule has 1 aromatic rings. The monoisotopic (exact) mass is 285 g/mol. The SMILES string of the molecule is CCOC(=O)Cc1cc(F)cc(C#N)c1Br. The molecule has 0 saturated carbocycles. The highest BCUT2D eigenvalue weighted by Crippen LogP contribution is 2.23. The van der Waals surface area contributed by atoms with E-state index in [2.05, 4.69) is 15.9 Å². The summed E-state index contributed by atoms with van der Waals surface area (Å²) in [5, 5.41) is 8.74. The standard InChI is InChI=1S/C11H9BrFNO2/c1-2-16-10(15)5-7-3-9(13)4-8(6-14)11(7)12/h3-4H,2,5H2,1H3. The first kappa shape index (κ1) is 12.7. The number of nitriles is 1. The van der Waals surface area contributed by atoms with Gasteiger partial charge in [-0.05, 0) is 40.5 Å². The summed E-state index contributed by atoms with van der Waals surface area (Å²) in [6, 6.07) is 4.16. The Bertz CT molecular complexity index is 454. The molecule has 0 aliphatic rings. The van der Waals surface area contributed by atoms with Crippen molar-refractivity contribution in [2.24, 2.45) is 0 Å². The van der Waals surface area contributed by atoms with E-state index < -0.39 is 11.8 Å². The molecule has 0 aliphatic carbocycles. The molecule has 0 atom stereocenters. The molecule has 5 heteroatoms. The van der Waals surface area contributed by atoms with Gasteiger partial charge in [0.15, 0.2) is 0 Å². The fourth-order valence-corrected chi connectivity index (χ4v) is 1.68. The van der Waals surface area contributed by atoms with Crippen LogP contribution >= 0.6 is 15.9 Å². The Labute approximate surface area is 101 Å². The van der Waals surface area contributed by atoms with Gasteiger partial charge in [0.25, 0.3) is 0 Å². The van der Waals surface area contributed by atoms with Crippen molar-refractivity contribution in [3.63, 3.8) is 0 Å². The van der Waals surface area contributed by atoms with Crippen LogP contribution in [0.25, 0.3) is 0 Å². The molecule has 0 aromatic heterocycles. The molecule has 84 valence electrons. The fourth-order valence-electron chi connectivity index (χ4n) is 1.22. The predicted octanol–water partition coefficient (Wildman–Crippen LogP) is 2.57. The van der Waals surface area contributed by atoms with E-state index in [1.807, 2.05) is 6.07 Å².